The average Bonchev–Trinajstić information content (AvgIpc) is 4.05. The zero-order valence-electron chi connectivity index (χ0n) is 34.7. The van der Waals surface area contributed by atoms with Crippen molar-refractivity contribution in [3.05, 3.63) is 206 Å². The molecule has 4 aromatic heterocycles. The van der Waals surface area contributed by atoms with Gasteiger partial charge in [0.2, 0.25) is 0 Å². The number of hydrogen-bond donors (Lipinski definition) is 0. The Morgan fingerprint density at radius 1 is 0.354 bits per heavy atom. The van der Waals surface area contributed by atoms with Crippen LogP contribution in [0.2, 0.25) is 0 Å². The number of rotatable bonds is 5. The summed E-state index contributed by atoms with van der Waals surface area (Å²) < 4.78 is 12.1. The van der Waals surface area contributed by atoms with E-state index < -0.39 is 0 Å². The number of furan rings is 1. The van der Waals surface area contributed by atoms with Crippen LogP contribution < -0.4 is 0 Å². The molecule has 0 bridgehead atoms. The lowest BCUT2D eigenvalue weighted by Gasteiger charge is -2.16. The second-order valence-electron chi connectivity index (χ2n) is 16.7. The first-order valence-corrected chi connectivity index (χ1v) is 22.7. The van der Waals surface area contributed by atoms with Gasteiger partial charge in [-0.05, 0) is 81.9 Å². The van der Waals surface area contributed by atoms with Crippen LogP contribution in [0.15, 0.2) is 211 Å². The third kappa shape index (κ3) is 5.54. The van der Waals surface area contributed by atoms with E-state index in [0.29, 0.717) is 17.5 Å². The Hall–Kier alpha value is -8.45. The summed E-state index contributed by atoms with van der Waals surface area (Å²) in [6, 6.07) is 73.2. The maximum atomic E-state index is 7.27. The maximum absolute atomic E-state index is 7.27. The molecular weight excluding hydrogens is 813 g/mol. The van der Waals surface area contributed by atoms with E-state index in [1.165, 1.54) is 20.2 Å². The number of benzene rings is 10. The fraction of sp³-hybridized carbons (Fsp3) is 0. The van der Waals surface area contributed by atoms with E-state index in [-0.39, 0.29) is 0 Å². The molecule has 0 aliphatic rings. The molecule has 0 amide bonds. The van der Waals surface area contributed by atoms with Gasteiger partial charge in [0.05, 0.1) is 11.0 Å². The van der Waals surface area contributed by atoms with Crippen molar-refractivity contribution in [2.75, 3.05) is 0 Å². The smallest absolute Gasteiger partial charge is 0.166 e. The third-order valence-corrected chi connectivity index (χ3v) is 14.2. The van der Waals surface area contributed by atoms with Crippen LogP contribution in [0.4, 0.5) is 0 Å². The van der Waals surface area contributed by atoms with Crippen molar-refractivity contribution in [3.8, 4) is 51.0 Å². The Kier molecular flexibility index (Phi) is 7.79. The largest absolute Gasteiger partial charge is 0.453 e. The molecule has 0 radical (unpaired) electrons. The molecule has 0 saturated carbocycles. The monoisotopic (exact) mass is 846 g/mol. The predicted molar refractivity (Wildman–Crippen MR) is 271 cm³/mol. The fourth-order valence-electron chi connectivity index (χ4n) is 10.0. The molecule has 0 saturated heterocycles. The van der Waals surface area contributed by atoms with Gasteiger partial charge in [-0.1, -0.05) is 152 Å². The topological polar surface area (TPSA) is 56.7 Å². The molecular formula is C59H34N4OS. The Morgan fingerprint density at radius 2 is 0.985 bits per heavy atom. The fourth-order valence-corrected chi connectivity index (χ4v) is 11.2. The van der Waals surface area contributed by atoms with Crippen LogP contribution in [0.3, 0.4) is 0 Å². The lowest BCUT2D eigenvalue weighted by molar-refractivity contribution is 0.670. The number of nitrogens with zero attached hydrogens (tertiary/aromatic N) is 4. The van der Waals surface area contributed by atoms with Crippen LogP contribution >= 0.6 is 11.3 Å². The van der Waals surface area contributed by atoms with E-state index in [0.717, 1.165) is 98.8 Å². The minimum absolute atomic E-state index is 0.556. The SMILES string of the molecule is c1ccc(-c2cccc(-c3nc(-c4ccc5c(oc6c7ccccc7ccc56)c4-n4c5ccccc5c5cc6ccccc6cc54)nc(-c4cccc5sc6ccccc6c45)n3)c2)cc1. The second kappa shape index (κ2) is 14.0. The molecule has 14 aromatic rings. The van der Waals surface area contributed by atoms with Gasteiger partial charge in [0, 0.05) is 63.8 Å². The summed E-state index contributed by atoms with van der Waals surface area (Å²) in [7, 11) is 0. The van der Waals surface area contributed by atoms with Crippen LogP contribution in [0.5, 0.6) is 0 Å². The average molecular weight is 847 g/mol. The summed E-state index contributed by atoms with van der Waals surface area (Å²) in [6.07, 6.45) is 0. The molecule has 0 N–H and O–H groups in total. The lowest BCUT2D eigenvalue weighted by Crippen LogP contribution is -2.04. The highest BCUT2D eigenvalue weighted by Crippen LogP contribution is 2.45. The van der Waals surface area contributed by atoms with Crippen molar-refractivity contribution >= 4 is 96.8 Å². The molecule has 4 heterocycles. The van der Waals surface area contributed by atoms with Gasteiger partial charge < -0.3 is 8.98 Å². The van der Waals surface area contributed by atoms with E-state index in [2.05, 4.69) is 205 Å². The summed E-state index contributed by atoms with van der Waals surface area (Å²) >= 11 is 1.79. The van der Waals surface area contributed by atoms with Crippen LogP contribution in [0.1, 0.15) is 0 Å². The molecule has 302 valence electrons. The van der Waals surface area contributed by atoms with Gasteiger partial charge >= 0.3 is 0 Å². The Bertz CT molecular complexity index is 4260. The lowest BCUT2D eigenvalue weighted by atomic mass is 10.0. The highest BCUT2D eigenvalue weighted by molar-refractivity contribution is 7.25. The molecule has 10 aromatic carbocycles. The molecule has 14 rings (SSSR count). The first-order valence-electron chi connectivity index (χ1n) is 21.8. The summed E-state index contributed by atoms with van der Waals surface area (Å²) in [4.78, 5) is 16.4. The summed E-state index contributed by atoms with van der Waals surface area (Å²) in [5, 5.41) is 11.3. The first kappa shape index (κ1) is 36.1. The van der Waals surface area contributed by atoms with E-state index in [9.17, 15) is 0 Å². The Labute approximate surface area is 376 Å². The molecule has 0 atom stereocenters. The van der Waals surface area contributed by atoms with Crippen molar-refractivity contribution in [2.45, 2.75) is 0 Å². The zero-order valence-corrected chi connectivity index (χ0v) is 35.6. The van der Waals surface area contributed by atoms with Crippen molar-refractivity contribution < 1.29 is 4.42 Å². The van der Waals surface area contributed by atoms with Crippen molar-refractivity contribution in [1.29, 1.82) is 0 Å². The molecule has 0 fully saturated rings. The van der Waals surface area contributed by atoms with Gasteiger partial charge in [0.15, 0.2) is 23.1 Å². The number of thiophene rings is 1. The minimum Gasteiger partial charge on any atom is -0.453 e. The number of fused-ring (bicyclic) bond motifs is 12. The number of hydrogen-bond acceptors (Lipinski definition) is 5. The molecule has 0 unspecified atom stereocenters. The van der Waals surface area contributed by atoms with Crippen LogP contribution in [0, 0.1) is 0 Å². The van der Waals surface area contributed by atoms with Gasteiger partial charge in [-0.15, -0.1) is 11.3 Å². The van der Waals surface area contributed by atoms with Crippen LogP contribution in [0.25, 0.3) is 136 Å². The van der Waals surface area contributed by atoms with Gasteiger partial charge in [-0.25, -0.2) is 15.0 Å². The molecule has 6 heteroatoms. The van der Waals surface area contributed by atoms with E-state index in [1.807, 2.05) is 6.07 Å². The second-order valence-corrected chi connectivity index (χ2v) is 17.8. The minimum atomic E-state index is 0.556. The quantitative estimate of drug-likeness (QED) is 0.173. The predicted octanol–water partition coefficient (Wildman–Crippen LogP) is 16.2. The van der Waals surface area contributed by atoms with Crippen LogP contribution in [-0.2, 0) is 0 Å². The third-order valence-electron chi connectivity index (χ3n) is 13.0. The number of aromatic nitrogens is 4. The zero-order chi connectivity index (χ0) is 42.6. The molecule has 5 nitrogen and oxygen atoms in total. The van der Waals surface area contributed by atoms with Crippen LogP contribution in [-0.4, -0.2) is 19.5 Å². The molecule has 0 aliphatic heterocycles. The standard InChI is InChI=1S/C59H34N4OS/c1-2-14-35(15-3-1)37-19-12-20-40(32-37)57-60-58(46-24-13-27-52-53(46)45-23-9-11-26-51(45)65-52)62-59(61-57)47-31-30-44-43-29-28-36-16-6-7-21-41(36)55(43)64-56(44)54(47)63-49-25-10-8-22-42(49)48-33-38-17-4-5-18-39(38)34-50(48)63/h1-34H. The Balaban J connectivity index is 1.12. The number of para-hydroxylation sites is 1. The van der Waals surface area contributed by atoms with Crippen molar-refractivity contribution in [1.82, 2.24) is 19.5 Å². The van der Waals surface area contributed by atoms with E-state index in [4.69, 9.17) is 19.4 Å². The maximum Gasteiger partial charge on any atom is 0.166 e. The van der Waals surface area contributed by atoms with Gasteiger partial charge in [-0.3, -0.25) is 0 Å². The summed E-state index contributed by atoms with van der Waals surface area (Å²) in [5.74, 6) is 1.76. The summed E-state index contributed by atoms with van der Waals surface area (Å²) in [5.41, 5.74) is 9.56. The molecule has 0 spiro atoms. The van der Waals surface area contributed by atoms with Gasteiger partial charge in [0.1, 0.15) is 11.3 Å². The van der Waals surface area contributed by atoms with Gasteiger partial charge in [0.25, 0.3) is 0 Å². The molecule has 0 aliphatic carbocycles. The first-order chi connectivity index (χ1) is 32.2. The van der Waals surface area contributed by atoms with Crippen molar-refractivity contribution in [2.24, 2.45) is 0 Å². The van der Waals surface area contributed by atoms with E-state index >= 15 is 0 Å². The normalized spacial score (nSPS) is 12.0. The van der Waals surface area contributed by atoms with Gasteiger partial charge in [-0.2, -0.15) is 0 Å². The Morgan fingerprint density at radius 3 is 1.86 bits per heavy atom. The summed E-state index contributed by atoms with van der Waals surface area (Å²) in [6.45, 7) is 0. The highest BCUT2D eigenvalue weighted by atomic mass is 32.1. The molecule has 65 heavy (non-hydrogen) atoms. The van der Waals surface area contributed by atoms with E-state index in [1.54, 1.807) is 11.3 Å². The highest BCUT2D eigenvalue weighted by Gasteiger charge is 2.26. The van der Waals surface area contributed by atoms with Crippen molar-refractivity contribution in [3.63, 3.8) is 0 Å².